The van der Waals surface area contributed by atoms with Gasteiger partial charge in [0.05, 0.1) is 19.6 Å². The van der Waals surface area contributed by atoms with Crippen molar-refractivity contribution >= 4 is 5.91 Å². The van der Waals surface area contributed by atoms with Gasteiger partial charge in [0.15, 0.2) is 0 Å². The molecule has 4 nitrogen and oxygen atoms in total. The Morgan fingerprint density at radius 1 is 1.31 bits per heavy atom. The first kappa shape index (κ1) is 12.7. The number of amides is 1. The van der Waals surface area contributed by atoms with Crippen molar-refractivity contribution in [2.45, 2.75) is 20.0 Å². The third kappa shape index (κ3) is 5.48. The highest BCUT2D eigenvalue weighted by atomic mass is 16.6. The van der Waals surface area contributed by atoms with Gasteiger partial charge in [0.1, 0.15) is 0 Å². The van der Waals surface area contributed by atoms with Crippen LogP contribution in [0.25, 0.3) is 0 Å². The summed E-state index contributed by atoms with van der Waals surface area (Å²) in [5.74, 6) is -0.163. The SMILES string of the molecule is CCOCCC(=O)NOCc1ccccc1. The Bertz CT molecular complexity index is 300. The normalized spacial score (nSPS) is 10.1. The van der Waals surface area contributed by atoms with E-state index in [1.54, 1.807) is 0 Å². The summed E-state index contributed by atoms with van der Waals surface area (Å²) in [6.07, 6.45) is 0.322. The van der Waals surface area contributed by atoms with Crippen LogP contribution in [0.1, 0.15) is 18.9 Å². The Morgan fingerprint density at radius 2 is 2.06 bits per heavy atom. The molecule has 1 aromatic rings. The maximum absolute atomic E-state index is 11.2. The zero-order valence-corrected chi connectivity index (χ0v) is 9.44. The van der Waals surface area contributed by atoms with Gasteiger partial charge in [-0.25, -0.2) is 5.48 Å². The van der Waals surface area contributed by atoms with Gasteiger partial charge in [-0.05, 0) is 12.5 Å². The van der Waals surface area contributed by atoms with Crippen molar-refractivity contribution in [3.63, 3.8) is 0 Å². The number of hydroxylamine groups is 1. The predicted octanol–water partition coefficient (Wildman–Crippen LogP) is 1.66. The van der Waals surface area contributed by atoms with Gasteiger partial charge in [-0.15, -0.1) is 0 Å². The summed E-state index contributed by atoms with van der Waals surface area (Å²) in [7, 11) is 0. The monoisotopic (exact) mass is 223 g/mol. The summed E-state index contributed by atoms with van der Waals surface area (Å²) in [5.41, 5.74) is 3.39. The molecule has 0 saturated carbocycles. The van der Waals surface area contributed by atoms with E-state index in [4.69, 9.17) is 9.57 Å². The Labute approximate surface area is 95.5 Å². The number of benzene rings is 1. The minimum Gasteiger partial charge on any atom is -0.381 e. The molecule has 0 heterocycles. The Kier molecular flexibility index (Phi) is 6.22. The highest BCUT2D eigenvalue weighted by Crippen LogP contribution is 1.98. The van der Waals surface area contributed by atoms with E-state index in [1.165, 1.54) is 0 Å². The molecule has 1 rings (SSSR count). The smallest absolute Gasteiger partial charge is 0.245 e. The van der Waals surface area contributed by atoms with Crippen molar-refractivity contribution in [2.75, 3.05) is 13.2 Å². The second-order valence-corrected chi connectivity index (χ2v) is 3.25. The molecule has 16 heavy (non-hydrogen) atoms. The van der Waals surface area contributed by atoms with Gasteiger partial charge in [-0.3, -0.25) is 9.63 Å². The molecule has 1 aromatic carbocycles. The molecule has 0 atom stereocenters. The molecule has 4 heteroatoms. The van der Waals surface area contributed by atoms with Crippen LogP contribution < -0.4 is 5.48 Å². The first-order valence-corrected chi connectivity index (χ1v) is 5.35. The molecule has 0 aliphatic carbocycles. The van der Waals surface area contributed by atoms with Crippen LogP contribution in [0.15, 0.2) is 30.3 Å². The van der Waals surface area contributed by atoms with Gasteiger partial charge in [-0.1, -0.05) is 30.3 Å². The molecular formula is C12H17NO3. The van der Waals surface area contributed by atoms with E-state index in [-0.39, 0.29) is 5.91 Å². The Morgan fingerprint density at radius 3 is 2.75 bits per heavy atom. The van der Waals surface area contributed by atoms with E-state index in [0.29, 0.717) is 26.2 Å². The van der Waals surface area contributed by atoms with Crippen LogP contribution in [0.5, 0.6) is 0 Å². The summed E-state index contributed by atoms with van der Waals surface area (Å²) < 4.78 is 5.05. The average molecular weight is 223 g/mol. The van der Waals surface area contributed by atoms with E-state index in [1.807, 2.05) is 37.3 Å². The molecule has 0 aliphatic heterocycles. The number of ether oxygens (including phenoxy) is 1. The quantitative estimate of drug-likeness (QED) is 0.565. The Balaban J connectivity index is 2.09. The van der Waals surface area contributed by atoms with E-state index in [0.717, 1.165) is 5.56 Å². The van der Waals surface area contributed by atoms with Gasteiger partial charge in [0, 0.05) is 6.61 Å². The van der Waals surface area contributed by atoms with Crippen LogP contribution >= 0.6 is 0 Å². The number of rotatable bonds is 7. The van der Waals surface area contributed by atoms with Crippen LogP contribution in [0.3, 0.4) is 0 Å². The molecule has 0 bridgehead atoms. The minimum atomic E-state index is -0.163. The van der Waals surface area contributed by atoms with E-state index in [2.05, 4.69) is 5.48 Å². The lowest BCUT2D eigenvalue weighted by molar-refractivity contribution is -0.135. The number of carbonyl (C=O) groups is 1. The fourth-order valence-electron chi connectivity index (χ4n) is 1.13. The largest absolute Gasteiger partial charge is 0.381 e. The standard InChI is InChI=1S/C12H17NO3/c1-2-15-9-8-12(14)13-16-10-11-6-4-3-5-7-11/h3-7H,2,8-10H2,1H3,(H,13,14). The second kappa shape index (κ2) is 7.84. The number of carbonyl (C=O) groups excluding carboxylic acids is 1. The van der Waals surface area contributed by atoms with Crippen LogP contribution in [-0.4, -0.2) is 19.1 Å². The van der Waals surface area contributed by atoms with Gasteiger partial charge >= 0.3 is 0 Å². The van der Waals surface area contributed by atoms with Crippen molar-refractivity contribution < 1.29 is 14.4 Å². The predicted molar refractivity (Wildman–Crippen MR) is 60.5 cm³/mol. The third-order valence-electron chi connectivity index (χ3n) is 1.95. The highest BCUT2D eigenvalue weighted by Gasteiger charge is 2.00. The van der Waals surface area contributed by atoms with Crippen molar-refractivity contribution in [2.24, 2.45) is 0 Å². The average Bonchev–Trinajstić information content (AvgIpc) is 2.31. The fourth-order valence-corrected chi connectivity index (χ4v) is 1.13. The molecule has 0 aliphatic rings. The summed E-state index contributed by atoms with van der Waals surface area (Å²) in [5, 5.41) is 0. The van der Waals surface area contributed by atoms with Crippen LogP contribution in [0.4, 0.5) is 0 Å². The molecule has 0 aromatic heterocycles. The molecule has 0 fully saturated rings. The van der Waals surface area contributed by atoms with Crippen molar-refractivity contribution in [1.82, 2.24) is 5.48 Å². The zero-order chi connectivity index (χ0) is 11.6. The molecule has 0 radical (unpaired) electrons. The zero-order valence-electron chi connectivity index (χ0n) is 9.44. The Hall–Kier alpha value is -1.39. The summed E-state index contributed by atoms with van der Waals surface area (Å²) in [6, 6.07) is 9.66. The molecule has 0 unspecified atom stereocenters. The van der Waals surface area contributed by atoms with Crippen molar-refractivity contribution in [1.29, 1.82) is 0 Å². The first-order chi connectivity index (χ1) is 7.83. The van der Waals surface area contributed by atoms with Crippen LogP contribution in [0.2, 0.25) is 0 Å². The molecule has 1 N–H and O–H groups in total. The van der Waals surface area contributed by atoms with E-state index >= 15 is 0 Å². The number of nitrogens with one attached hydrogen (secondary N) is 1. The van der Waals surface area contributed by atoms with Gasteiger partial charge in [-0.2, -0.15) is 0 Å². The molecule has 0 saturated heterocycles. The van der Waals surface area contributed by atoms with Crippen molar-refractivity contribution in [3.8, 4) is 0 Å². The fraction of sp³-hybridized carbons (Fsp3) is 0.417. The van der Waals surface area contributed by atoms with E-state index < -0.39 is 0 Å². The summed E-state index contributed by atoms with van der Waals surface area (Å²) >= 11 is 0. The maximum atomic E-state index is 11.2. The van der Waals surface area contributed by atoms with E-state index in [9.17, 15) is 4.79 Å². The second-order valence-electron chi connectivity index (χ2n) is 3.25. The van der Waals surface area contributed by atoms with Gasteiger partial charge in [0.2, 0.25) is 5.91 Å². The van der Waals surface area contributed by atoms with Crippen LogP contribution in [0, 0.1) is 0 Å². The van der Waals surface area contributed by atoms with Crippen molar-refractivity contribution in [3.05, 3.63) is 35.9 Å². The molecule has 0 spiro atoms. The van der Waals surface area contributed by atoms with Crippen LogP contribution in [-0.2, 0) is 21.0 Å². The number of hydrogen-bond acceptors (Lipinski definition) is 3. The maximum Gasteiger partial charge on any atom is 0.245 e. The molecule has 88 valence electrons. The van der Waals surface area contributed by atoms with Gasteiger partial charge in [0.25, 0.3) is 0 Å². The first-order valence-electron chi connectivity index (χ1n) is 5.35. The van der Waals surface area contributed by atoms with Gasteiger partial charge < -0.3 is 4.74 Å². The molecular weight excluding hydrogens is 206 g/mol. The third-order valence-corrected chi connectivity index (χ3v) is 1.95. The highest BCUT2D eigenvalue weighted by molar-refractivity contribution is 5.74. The summed E-state index contributed by atoms with van der Waals surface area (Å²) in [6.45, 7) is 3.32. The minimum absolute atomic E-state index is 0.163. The summed E-state index contributed by atoms with van der Waals surface area (Å²) in [4.78, 5) is 16.2. The lowest BCUT2D eigenvalue weighted by Gasteiger charge is -2.05. The lowest BCUT2D eigenvalue weighted by atomic mass is 10.2. The lowest BCUT2D eigenvalue weighted by Crippen LogP contribution is -2.24. The molecule has 1 amide bonds. The topological polar surface area (TPSA) is 47.6 Å². The number of hydrogen-bond donors (Lipinski definition) is 1.